The van der Waals surface area contributed by atoms with Gasteiger partial charge in [-0.05, 0) is 39.5 Å². The predicted molar refractivity (Wildman–Crippen MR) is 102 cm³/mol. The molecule has 4 nitrogen and oxygen atoms in total. The van der Waals surface area contributed by atoms with Gasteiger partial charge in [-0.1, -0.05) is 26.0 Å². The smallest absolute Gasteiger partial charge is 0.277 e. The lowest BCUT2D eigenvalue weighted by Gasteiger charge is -2.11. The SMILES string of the molecule is CC(C)c1[nH]nc(C(=O)Nc2cccc(C3SCCS3)c2)c1Br. The second-order valence-electron chi connectivity index (χ2n) is 5.61. The summed E-state index contributed by atoms with van der Waals surface area (Å²) in [5.74, 6) is 2.44. The number of benzene rings is 1. The number of aromatic amines is 1. The van der Waals surface area contributed by atoms with Crippen molar-refractivity contribution < 1.29 is 4.79 Å². The van der Waals surface area contributed by atoms with Crippen LogP contribution in [0, 0.1) is 0 Å². The van der Waals surface area contributed by atoms with Crippen molar-refractivity contribution in [3.05, 3.63) is 45.7 Å². The standard InChI is InChI=1S/C16H18BrN3OS2/c1-9(2)13-12(17)14(20-19-13)15(21)18-11-5-3-4-10(8-11)16-22-6-7-23-16/h3-5,8-9,16H,6-7H2,1-2H3,(H,18,21)(H,19,20). The van der Waals surface area contributed by atoms with E-state index in [1.165, 1.54) is 17.1 Å². The van der Waals surface area contributed by atoms with Crippen LogP contribution in [0.5, 0.6) is 0 Å². The zero-order valence-corrected chi connectivity index (χ0v) is 16.1. The average molecular weight is 412 g/mol. The molecule has 1 saturated heterocycles. The molecular weight excluding hydrogens is 394 g/mol. The summed E-state index contributed by atoms with van der Waals surface area (Å²) < 4.78 is 1.21. The van der Waals surface area contributed by atoms with Gasteiger partial charge in [0.1, 0.15) is 0 Å². The quantitative estimate of drug-likeness (QED) is 0.740. The molecule has 0 atom stereocenters. The molecule has 1 amide bonds. The van der Waals surface area contributed by atoms with Gasteiger partial charge in [-0.25, -0.2) is 0 Å². The summed E-state index contributed by atoms with van der Waals surface area (Å²) in [7, 11) is 0. The number of hydrogen-bond donors (Lipinski definition) is 2. The topological polar surface area (TPSA) is 57.8 Å². The van der Waals surface area contributed by atoms with E-state index in [4.69, 9.17) is 0 Å². The Morgan fingerprint density at radius 3 is 2.78 bits per heavy atom. The molecule has 0 radical (unpaired) electrons. The van der Waals surface area contributed by atoms with E-state index in [0.717, 1.165) is 15.9 Å². The second kappa shape index (κ2) is 7.32. The highest BCUT2D eigenvalue weighted by molar-refractivity contribution is 9.10. The highest BCUT2D eigenvalue weighted by Gasteiger charge is 2.21. The Hall–Kier alpha value is -0.920. The first-order valence-electron chi connectivity index (χ1n) is 7.44. The Morgan fingerprint density at radius 2 is 2.13 bits per heavy atom. The number of amides is 1. The fourth-order valence-corrected chi connectivity index (χ4v) is 6.03. The predicted octanol–water partition coefficient (Wildman–Crippen LogP) is 5.03. The summed E-state index contributed by atoms with van der Waals surface area (Å²) >= 11 is 7.38. The summed E-state index contributed by atoms with van der Waals surface area (Å²) in [5, 5.41) is 10.0. The van der Waals surface area contributed by atoms with E-state index in [-0.39, 0.29) is 11.8 Å². The number of hydrogen-bond acceptors (Lipinski definition) is 4. The van der Waals surface area contributed by atoms with Crippen molar-refractivity contribution in [3.8, 4) is 0 Å². The molecule has 1 aliphatic heterocycles. The first-order valence-corrected chi connectivity index (χ1v) is 10.3. The molecule has 7 heteroatoms. The first kappa shape index (κ1) is 16.9. The minimum Gasteiger partial charge on any atom is -0.321 e. The summed E-state index contributed by atoms with van der Waals surface area (Å²) in [6.07, 6.45) is 0. The first-order chi connectivity index (χ1) is 11.1. The number of thioether (sulfide) groups is 2. The summed E-state index contributed by atoms with van der Waals surface area (Å²) in [5.41, 5.74) is 3.38. The van der Waals surface area contributed by atoms with Gasteiger partial charge in [0.2, 0.25) is 0 Å². The van der Waals surface area contributed by atoms with Crippen LogP contribution in [0.2, 0.25) is 0 Å². The average Bonchev–Trinajstić information content (AvgIpc) is 3.16. The molecule has 3 rings (SSSR count). The van der Waals surface area contributed by atoms with Crippen LogP contribution in [0.3, 0.4) is 0 Å². The van der Waals surface area contributed by atoms with Crippen LogP contribution in [0.1, 0.15) is 46.1 Å². The third-order valence-corrected chi connectivity index (χ3v) is 7.47. The van der Waals surface area contributed by atoms with E-state index in [2.05, 4.69) is 57.4 Å². The van der Waals surface area contributed by atoms with Crippen molar-refractivity contribution >= 4 is 51.0 Å². The van der Waals surface area contributed by atoms with Crippen LogP contribution in [0.15, 0.2) is 28.7 Å². The molecule has 122 valence electrons. The highest BCUT2D eigenvalue weighted by atomic mass is 79.9. The molecule has 2 heterocycles. The number of rotatable bonds is 4. The van der Waals surface area contributed by atoms with E-state index in [0.29, 0.717) is 10.3 Å². The van der Waals surface area contributed by atoms with Crippen LogP contribution in [0.25, 0.3) is 0 Å². The molecule has 23 heavy (non-hydrogen) atoms. The normalized spacial score (nSPS) is 15.3. The molecule has 1 aromatic carbocycles. The molecule has 0 saturated carbocycles. The molecule has 0 bridgehead atoms. The van der Waals surface area contributed by atoms with Crippen molar-refractivity contribution in [1.82, 2.24) is 10.2 Å². The van der Waals surface area contributed by atoms with E-state index >= 15 is 0 Å². The molecule has 2 N–H and O–H groups in total. The van der Waals surface area contributed by atoms with Gasteiger partial charge in [-0.3, -0.25) is 9.89 Å². The molecule has 2 aromatic rings. The Labute approximate surface area is 152 Å². The summed E-state index contributed by atoms with van der Waals surface area (Å²) in [4.78, 5) is 12.5. The molecule has 1 fully saturated rings. The van der Waals surface area contributed by atoms with Crippen molar-refractivity contribution in [2.75, 3.05) is 16.8 Å². The van der Waals surface area contributed by atoms with Gasteiger partial charge in [0.25, 0.3) is 5.91 Å². The van der Waals surface area contributed by atoms with Crippen LogP contribution in [-0.4, -0.2) is 27.6 Å². The lowest BCUT2D eigenvalue weighted by molar-refractivity contribution is 0.102. The van der Waals surface area contributed by atoms with Crippen LogP contribution in [0.4, 0.5) is 5.69 Å². The van der Waals surface area contributed by atoms with Crippen LogP contribution in [-0.2, 0) is 0 Å². The molecule has 0 unspecified atom stereocenters. The number of anilines is 1. The van der Waals surface area contributed by atoms with Crippen LogP contribution < -0.4 is 5.32 Å². The minimum atomic E-state index is -0.205. The van der Waals surface area contributed by atoms with Crippen LogP contribution >= 0.6 is 39.5 Å². The number of carbonyl (C=O) groups excluding carboxylic acids is 1. The summed E-state index contributed by atoms with van der Waals surface area (Å²) in [6, 6.07) is 8.07. The largest absolute Gasteiger partial charge is 0.321 e. The lowest BCUT2D eigenvalue weighted by atomic mass is 10.1. The Kier molecular flexibility index (Phi) is 5.38. The maximum atomic E-state index is 12.5. The van der Waals surface area contributed by atoms with Gasteiger partial charge in [0.05, 0.1) is 14.7 Å². The number of H-pyrrole nitrogens is 1. The molecule has 1 aromatic heterocycles. The zero-order chi connectivity index (χ0) is 16.4. The van der Waals surface area contributed by atoms with Gasteiger partial charge in [-0.2, -0.15) is 5.10 Å². The molecular formula is C16H18BrN3OS2. The van der Waals surface area contributed by atoms with Gasteiger partial charge in [-0.15, -0.1) is 23.5 Å². The third-order valence-electron chi connectivity index (χ3n) is 3.56. The number of nitrogens with one attached hydrogen (secondary N) is 2. The van der Waals surface area contributed by atoms with E-state index in [1.807, 2.05) is 35.7 Å². The number of nitrogens with zero attached hydrogens (tertiary/aromatic N) is 1. The second-order valence-corrected chi connectivity index (χ2v) is 9.13. The Balaban J connectivity index is 1.76. The van der Waals surface area contributed by atoms with E-state index < -0.39 is 0 Å². The Morgan fingerprint density at radius 1 is 1.39 bits per heavy atom. The molecule has 0 spiro atoms. The number of halogens is 1. The zero-order valence-electron chi connectivity index (χ0n) is 12.9. The fraction of sp³-hybridized carbons (Fsp3) is 0.375. The summed E-state index contributed by atoms with van der Waals surface area (Å²) in [6.45, 7) is 4.11. The van der Waals surface area contributed by atoms with Gasteiger partial charge >= 0.3 is 0 Å². The maximum absolute atomic E-state index is 12.5. The third kappa shape index (κ3) is 3.78. The fourth-order valence-electron chi connectivity index (χ4n) is 2.38. The van der Waals surface area contributed by atoms with Gasteiger partial charge in [0.15, 0.2) is 5.69 Å². The highest BCUT2D eigenvalue weighted by Crippen LogP contribution is 2.45. The maximum Gasteiger partial charge on any atom is 0.277 e. The van der Waals surface area contributed by atoms with Crippen molar-refractivity contribution in [2.45, 2.75) is 24.3 Å². The number of carbonyl (C=O) groups is 1. The minimum absolute atomic E-state index is 0.205. The van der Waals surface area contributed by atoms with Gasteiger partial charge < -0.3 is 5.32 Å². The van der Waals surface area contributed by atoms with E-state index in [9.17, 15) is 4.79 Å². The van der Waals surface area contributed by atoms with E-state index in [1.54, 1.807) is 0 Å². The van der Waals surface area contributed by atoms with Crippen molar-refractivity contribution in [3.63, 3.8) is 0 Å². The monoisotopic (exact) mass is 411 g/mol. The van der Waals surface area contributed by atoms with Gasteiger partial charge in [0, 0.05) is 17.2 Å². The lowest BCUT2D eigenvalue weighted by Crippen LogP contribution is -2.13. The Bertz CT molecular complexity index is 711. The molecule has 0 aliphatic carbocycles. The van der Waals surface area contributed by atoms with Crippen molar-refractivity contribution in [1.29, 1.82) is 0 Å². The molecule has 1 aliphatic rings. The van der Waals surface area contributed by atoms with Crippen molar-refractivity contribution in [2.24, 2.45) is 0 Å². The number of aromatic nitrogens is 2.